The van der Waals surface area contributed by atoms with Crippen LogP contribution in [0.25, 0.3) is 0 Å². The predicted molar refractivity (Wildman–Crippen MR) is 136 cm³/mol. The predicted octanol–water partition coefficient (Wildman–Crippen LogP) is 5.10. The smallest absolute Gasteiger partial charge is 0.318 e. The van der Waals surface area contributed by atoms with E-state index in [-0.39, 0.29) is 36.0 Å². The van der Waals surface area contributed by atoms with Crippen LogP contribution in [0.1, 0.15) is 68.8 Å². The number of nitrogens with zero attached hydrogens (tertiary/aromatic N) is 2. The minimum Gasteiger partial charge on any atom is -0.493 e. The van der Waals surface area contributed by atoms with Crippen LogP contribution >= 0.6 is 0 Å². The lowest BCUT2D eigenvalue weighted by molar-refractivity contribution is -0.148. The Morgan fingerprint density at radius 2 is 1.94 bits per heavy atom. The van der Waals surface area contributed by atoms with E-state index in [1.54, 1.807) is 0 Å². The molecule has 2 aromatic rings. The van der Waals surface area contributed by atoms with Gasteiger partial charge in [-0.1, -0.05) is 50.2 Å². The summed E-state index contributed by atoms with van der Waals surface area (Å²) in [4.78, 5) is 31.0. The molecule has 186 valence electrons. The fourth-order valence-electron chi connectivity index (χ4n) is 5.99. The van der Waals surface area contributed by atoms with Gasteiger partial charge in [-0.3, -0.25) is 4.79 Å². The van der Waals surface area contributed by atoms with Crippen LogP contribution in [-0.2, 0) is 11.2 Å². The van der Waals surface area contributed by atoms with Gasteiger partial charge in [0.1, 0.15) is 5.75 Å². The zero-order valence-electron chi connectivity index (χ0n) is 21.1. The Balaban J connectivity index is 1.31. The first kappa shape index (κ1) is 23.7. The number of hydrogen-bond acceptors (Lipinski definition) is 3. The van der Waals surface area contributed by atoms with E-state index in [0.29, 0.717) is 19.1 Å². The molecule has 0 aromatic heterocycles. The molecule has 3 aliphatic heterocycles. The molecule has 0 radical (unpaired) electrons. The van der Waals surface area contributed by atoms with Crippen LogP contribution in [0.4, 0.5) is 4.79 Å². The molecule has 0 spiro atoms. The molecule has 3 heterocycles. The molecule has 0 aliphatic carbocycles. The number of amides is 3. The van der Waals surface area contributed by atoms with E-state index >= 15 is 0 Å². The third-order valence-corrected chi connectivity index (χ3v) is 7.80. The van der Waals surface area contributed by atoms with Crippen molar-refractivity contribution in [2.24, 2.45) is 11.8 Å². The van der Waals surface area contributed by atoms with E-state index in [1.165, 1.54) is 11.1 Å². The Hall–Kier alpha value is -3.02. The summed E-state index contributed by atoms with van der Waals surface area (Å²) in [6.45, 7) is 8.39. The second-order valence-electron chi connectivity index (χ2n) is 10.7. The van der Waals surface area contributed by atoms with Gasteiger partial charge in [0.05, 0.1) is 24.6 Å². The van der Waals surface area contributed by atoms with Crippen molar-refractivity contribution >= 4 is 11.9 Å². The summed E-state index contributed by atoms with van der Waals surface area (Å²) < 4.78 is 5.88. The largest absolute Gasteiger partial charge is 0.493 e. The molecule has 4 atom stereocenters. The van der Waals surface area contributed by atoms with Crippen molar-refractivity contribution in [3.05, 3.63) is 65.2 Å². The van der Waals surface area contributed by atoms with Gasteiger partial charge in [0.2, 0.25) is 5.91 Å². The van der Waals surface area contributed by atoms with Crippen LogP contribution in [0.5, 0.6) is 5.75 Å². The minimum absolute atomic E-state index is 0.0587. The summed E-state index contributed by atoms with van der Waals surface area (Å²) in [6, 6.07) is 16.2. The highest BCUT2D eigenvalue weighted by Crippen LogP contribution is 2.43. The van der Waals surface area contributed by atoms with E-state index in [4.69, 9.17) is 4.74 Å². The van der Waals surface area contributed by atoms with E-state index in [2.05, 4.69) is 48.3 Å². The summed E-state index contributed by atoms with van der Waals surface area (Å²) in [5.41, 5.74) is 3.60. The van der Waals surface area contributed by atoms with Crippen LogP contribution in [-0.4, -0.2) is 47.5 Å². The van der Waals surface area contributed by atoms with Gasteiger partial charge in [0, 0.05) is 19.1 Å². The number of benzene rings is 2. The summed E-state index contributed by atoms with van der Waals surface area (Å²) in [6.07, 6.45) is 3.45. The highest BCUT2D eigenvalue weighted by Gasteiger charge is 2.48. The number of piperidine rings is 2. The average molecular weight is 476 g/mol. The molecule has 35 heavy (non-hydrogen) atoms. The normalized spacial score (nSPS) is 24.3. The lowest BCUT2D eigenvalue weighted by Gasteiger charge is -2.51. The van der Waals surface area contributed by atoms with Crippen molar-refractivity contribution in [1.82, 2.24) is 15.1 Å². The summed E-state index contributed by atoms with van der Waals surface area (Å²) >= 11 is 0. The zero-order valence-corrected chi connectivity index (χ0v) is 21.1. The van der Waals surface area contributed by atoms with Gasteiger partial charge in [-0.05, 0) is 67.3 Å². The van der Waals surface area contributed by atoms with Crippen LogP contribution in [0.15, 0.2) is 48.5 Å². The highest BCUT2D eigenvalue weighted by molar-refractivity contribution is 5.83. The number of urea groups is 1. The first-order valence-corrected chi connectivity index (χ1v) is 13.1. The van der Waals surface area contributed by atoms with E-state index in [1.807, 2.05) is 36.1 Å². The molecule has 6 nitrogen and oxygen atoms in total. The molecule has 2 saturated heterocycles. The molecule has 0 saturated carbocycles. The SMILES string of the molecule is CC(C)COc1cccc([C@@H](C)NC(=O)N2CCC[C@@H]3C(=O)N4CCc5ccccc5[C@H]4C[C@@H]32)c1. The monoisotopic (exact) mass is 475 g/mol. The molecule has 6 heteroatoms. The maximum atomic E-state index is 13.5. The minimum atomic E-state index is -0.156. The van der Waals surface area contributed by atoms with Crippen molar-refractivity contribution in [3.8, 4) is 5.75 Å². The van der Waals surface area contributed by atoms with Gasteiger partial charge in [-0.2, -0.15) is 0 Å². The zero-order chi connectivity index (χ0) is 24.5. The second-order valence-corrected chi connectivity index (χ2v) is 10.7. The summed E-state index contributed by atoms with van der Waals surface area (Å²) in [5, 5.41) is 3.20. The third-order valence-electron chi connectivity index (χ3n) is 7.80. The molecular weight excluding hydrogens is 438 g/mol. The van der Waals surface area contributed by atoms with E-state index < -0.39 is 0 Å². The number of likely N-dealkylation sites (tertiary alicyclic amines) is 1. The second kappa shape index (κ2) is 9.92. The number of rotatable bonds is 5. The maximum absolute atomic E-state index is 13.5. The van der Waals surface area contributed by atoms with Crippen LogP contribution in [0.2, 0.25) is 0 Å². The van der Waals surface area contributed by atoms with Gasteiger partial charge >= 0.3 is 6.03 Å². The fourth-order valence-corrected chi connectivity index (χ4v) is 5.99. The molecule has 1 N–H and O–H groups in total. The number of carbonyl (C=O) groups excluding carboxylic acids is 2. The maximum Gasteiger partial charge on any atom is 0.318 e. The Kier molecular flexibility index (Phi) is 6.72. The fraction of sp³-hybridized carbons (Fsp3) is 0.517. The van der Waals surface area contributed by atoms with Crippen molar-refractivity contribution in [2.75, 3.05) is 19.7 Å². The number of hydrogen-bond donors (Lipinski definition) is 1. The highest BCUT2D eigenvalue weighted by atomic mass is 16.5. The third kappa shape index (κ3) is 4.75. The molecule has 3 amide bonds. The van der Waals surface area contributed by atoms with Crippen molar-refractivity contribution in [1.29, 1.82) is 0 Å². The summed E-state index contributed by atoms with van der Waals surface area (Å²) in [7, 11) is 0. The Morgan fingerprint density at radius 3 is 2.77 bits per heavy atom. The molecule has 2 aromatic carbocycles. The Labute approximate surface area is 208 Å². The van der Waals surface area contributed by atoms with Crippen LogP contribution in [0.3, 0.4) is 0 Å². The van der Waals surface area contributed by atoms with Gasteiger partial charge in [-0.25, -0.2) is 4.79 Å². The first-order chi connectivity index (χ1) is 16.9. The van der Waals surface area contributed by atoms with Gasteiger partial charge in [0.25, 0.3) is 0 Å². The van der Waals surface area contributed by atoms with Crippen molar-refractivity contribution in [2.45, 2.75) is 64.6 Å². The lowest BCUT2D eigenvalue weighted by atomic mass is 9.76. The van der Waals surface area contributed by atoms with E-state index in [9.17, 15) is 9.59 Å². The Morgan fingerprint density at radius 1 is 1.11 bits per heavy atom. The number of carbonyl (C=O) groups is 2. The number of fused-ring (bicyclic) bond motifs is 4. The Bertz CT molecular complexity index is 1080. The lowest BCUT2D eigenvalue weighted by Crippen LogP contribution is -2.61. The molecule has 0 unspecified atom stereocenters. The number of nitrogens with one attached hydrogen (secondary N) is 1. The van der Waals surface area contributed by atoms with Crippen LogP contribution in [0, 0.1) is 11.8 Å². The summed E-state index contributed by atoms with van der Waals surface area (Å²) in [5.74, 6) is 1.40. The van der Waals surface area contributed by atoms with E-state index in [0.717, 1.165) is 43.5 Å². The van der Waals surface area contributed by atoms with Crippen molar-refractivity contribution < 1.29 is 14.3 Å². The number of ether oxygens (including phenoxy) is 1. The standard InChI is InChI=1S/C29H37N3O3/c1-19(2)18-35-23-10-6-9-22(16-23)20(3)30-29(34)32-14-7-12-25-27(32)17-26-24-11-5-4-8-21(24)13-15-31(26)28(25)33/h4-6,8-11,16,19-20,25-27H,7,12-15,17-18H2,1-3H3,(H,30,34)/t20-,25+,26-,27+/m1/s1. The quantitative estimate of drug-likeness (QED) is 0.654. The van der Waals surface area contributed by atoms with Crippen LogP contribution < -0.4 is 10.1 Å². The molecule has 5 rings (SSSR count). The topological polar surface area (TPSA) is 61.9 Å². The van der Waals surface area contributed by atoms with Gasteiger partial charge in [-0.15, -0.1) is 0 Å². The molecule has 2 fully saturated rings. The molecule has 3 aliphatic rings. The van der Waals surface area contributed by atoms with Gasteiger partial charge in [0.15, 0.2) is 0 Å². The molecular formula is C29H37N3O3. The van der Waals surface area contributed by atoms with Gasteiger partial charge < -0.3 is 19.9 Å². The average Bonchev–Trinajstić information content (AvgIpc) is 2.87. The van der Waals surface area contributed by atoms with Crippen molar-refractivity contribution in [3.63, 3.8) is 0 Å². The molecule has 0 bridgehead atoms. The first-order valence-electron chi connectivity index (χ1n) is 13.1.